The van der Waals surface area contributed by atoms with Crippen molar-refractivity contribution in [3.8, 4) is 11.4 Å². The molecule has 36 heavy (non-hydrogen) atoms. The van der Waals surface area contributed by atoms with Crippen molar-refractivity contribution in [2.24, 2.45) is 5.92 Å². The number of hydrogen-bond donors (Lipinski definition) is 1. The molecule has 1 aliphatic heterocycles. The van der Waals surface area contributed by atoms with E-state index in [1.165, 1.54) is 12.4 Å². The summed E-state index contributed by atoms with van der Waals surface area (Å²) in [6.07, 6.45) is -1.29. The summed E-state index contributed by atoms with van der Waals surface area (Å²) < 4.78 is 67.6. The van der Waals surface area contributed by atoms with Gasteiger partial charge in [0, 0.05) is 37.3 Å². The van der Waals surface area contributed by atoms with Crippen LogP contribution in [-0.2, 0) is 6.18 Å². The Morgan fingerprint density at radius 3 is 2.50 bits per heavy atom. The molecule has 0 aromatic carbocycles. The van der Waals surface area contributed by atoms with E-state index < -0.39 is 48.5 Å². The van der Waals surface area contributed by atoms with Crippen LogP contribution in [0.1, 0.15) is 35.1 Å². The molecule has 190 valence electrons. The highest BCUT2D eigenvalue weighted by Crippen LogP contribution is 2.36. The van der Waals surface area contributed by atoms with Crippen LogP contribution in [0.5, 0.6) is 0 Å². The lowest BCUT2D eigenvalue weighted by atomic mass is 9.88. The summed E-state index contributed by atoms with van der Waals surface area (Å²) >= 11 is 0. The number of aromatic nitrogens is 4. The number of anilines is 1. The molecule has 12 heteroatoms. The van der Waals surface area contributed by atoms with Gasteiger partial charge in [-0.3, -0.25) is 4.79 Å². The highest BCUT2D eigenvalue weighted by molar-refractivity contribution is 5.98. The highest BCUT2D eigenvalue weighted by Gasteiger charge is 2.46. The molecule has 1 amide bonds. The largest absolute Gasteiger partial charge is 0.417 e. The monoisotopic (exact) mass is 506 g/mol. The molecule has 1 saturated heterocycles. The van der Waals surface area contributed by atoms with Gasteiger partial charge in [-0.15, -0.1) is 0 Å². The van der Waals surface area contributed by atoms with Gasteiger partial charge in [0.2, 0.25) is 0 Å². The zero-order valence-corrected chi connectivity index (χ0v) is 19.4. The highest BCUT2D eigenvalue weighted by atomic mass is 19.4. The van der Waals surface area contributed by atoms with Crippen LogP contribution >= 0.6 is 0 Å². The number of nitrogens with one attached hydrogen (secondary N) is 1. The van der Waals surface area contributed by atoms with E-state index in [9.17, 15) is 26.7 Å². The third kappa shape index (κ3) is 5.58. The van der Waals surface area contributed by atoms with Crippen molar-refractivity contribution in [1.82, 2.24) is 24.8 Å². The predicted molar refractivity (Wildman–Crippen MR) is 121 cm³/mol. The first-order valence-electron chi connectivity index (χ1n) is 11.2. The fourth-order valence-corrected chi connectivity index (χ4v) is 4.23. The molecule has 2 atom stereocenters. The van der Waals surface area contributed by atoms with Gasteiger partial charge in [-0.05, 0) is 43.2 Å². The van der Waals surface area contributed by atoms with E-state index in [0.717, 1.165) is 17.0 Å². The zero-order valence-electron chi connectivity index (χ0n) is 19.4. The molecule has 3 aromatic heterocycles. The Balaban J connectivity index is 1.63. The quantitative estimate of drug-likeness (QED) is 0.498. The topological polar surface area (TPSA) is 83.9 Å². The van der Waals surface area contributed by atoms with Crippen molar-refractivity contribution in [3.05, 3.63) is 65.9 Å². The van der Waals surface area contributed by atoms with Gasteiger partial charge in [0.1, 0.15) is 11.5 Å². The molecule has 0 saturated carbocycles. The van der Waals surface area contributed by atoms with E-state index in [1.807, 2.05) is 0 Å². The van der Waals surface area contributed by atoms with E-state index in [0.29, 0.717) is 17.5 Å². The van der Waals surface area contributed by atoms with Gasteiger partial charge < -0.3 is 10.2 Å². The Bertz CT molecular complexity index is 1220. The second-order valence-electron chi connectivity index (χ2n) is 8.77. The summed E-state index contributed by atoms with van der Waals surface area (Å²) in [5.41, 5.74) is -0.136. The van der Waals surface area contributed by atoms with Gasteiger partial charge in [-0.25, -0.2) is 28.7 Å². The van der Waals surface area contributed by atoms with Crippen LogP contribution in [0.15, 0.2) is 48.9 Å². The Labute approximate surface area is 203 Å². The summed E-state index contributed by atoms with van der Waals surface area (Å²) in [5, 5.41) is 2.88. The number of hydrogen-bond acceptors (Lipinski definition) is 6. The normalized spacial score (nSPS) is 19.7. The Kier molecular flexibility index (Phi) is 6.87. The molecule has 7 nitrogen and oxygen atoms in total. The van der Waals surface area contributed by atoms with Crippen LogP contribution in [-0.4, -0.2) is 55.8 Å². The molecule has 1 aliphatic rings. The SMILES string of the molecule is Cc1ccc(-c2ncccn2)c(C(=O)N2CC(F)(F)C[C@@H](C)C2CNc2ccc(C(F)(F)F)cn2)n1. The molecule has 3 aromatic rings. The average Bonchev–Trinajstić information content (AvgIpc) is 2.82. The lowest BCUT2D eigenvalue weighted by Crippen LogP contribution is -2.57. The van der Waals surface area contributed by atoms with Crippen LogP contribution in [0.2, 0.25) is 0 Å². The maximum absolute atomic E-state index is 14.6. The number of rotatable bonds is 5. The van der Waals surface area contributed by atoms with Gasteiger partial charge in [0.05, 0.1) is 23.7 Å². The zero-order chi connectivity index (χ0) is 26.1. The number of carbonyl (C=O) groups excluding carboxylic acids is 1. The predicted octanol–water partition coefficient (Wildman–Crippen LogP) is 4.86. The molecular formula is C24H23F5N6O. The van der Waals surface area contributed by atoms with E-state index in [1.54, 1.807) is 32.0 Å². The average molecular weight is 506 g/mol. The summed E-state index contributed by atoms with van der Waals surface area (Å²) in [7, 11) is 0. The fraction of sp³-hybridized carbons (Fsp3) is 0.375. The first-order valence-corrected chi connectivity index (χ1v) is 11.2. The van der Waals surface area contributed by atoms with E-state index in [2.05, 4.69) is 25.3 Å². The number of piperidine rings is 1. The lowest BCUT2D eigenvalue weighted by Gasteiger charge is -2.43. The molecule has 0 bridgehead atoms. The van der Waals surface area contributed by atoms with Crippen molar-refractivity contribution >= 4 is 11.7 Å². The van der Waals surface area contributed by atoms with Crippen molar-refractivity contribution in [2.45, 2.75) is 38.4 Å². The van der Waals surface area contributed by atoms with Crippen molar-refractivity contribution in [1.29, 1.82) is 0 Å². The maximum Gasteiger partial charge on any atom is 0.417 e. The minimum Gasteiger partial charge on any atom is -0.368 e. The van der Waals surface area contributed by atoms with Crippen molar-refractivity contribution < 1.29 is 26.7 Å². The van der Waals surface area contributed by atoms with E-state index in [-0.39, 0.29) is 23.9 Å². The van der Waals surface area contributed by atoms with Gasteiger partial charge in [0.25, 0.3) is 11.8 Å². The molecule has 1 N–H and O–H groups in total. The van der Waals surface area contributed by atoms with Crippen LogP contribution in [0.25, 0.3) is 11.4 Å². The standard InChI is InChI=1S/C24H23F5N6O/c1-14-10-23(25,26)13-35(18(14)12-33-19-7-5-16(11-32-19)24(27,28)29)22(36)20-17(6-4-15(2)34-20)21-30-8-3-9-31-21/h3-9,11,14,18H,10,12-13H2,1-2H3,(H,32,33)/t14-,18?/m1/s1. The van der Waals surface area contributed by atoms with E-state index >= 15 is 0 Å². The van der Waals surface area contributed by atoms with Gasteiger partial charge in [0.15, 0.2) is 5.82 Å². The number of pyridine rings is 2. The smallest absolute Gasteiger partial charge is 0.368 e. The number of aryl methyl sites for hydroxylation is 1. The van der Waals surface area contributed by atoms with Crippen LogP contribution in [0.3, 0.4) is 0 Å². The van der Waals surface area contributed by atoms with Gasteiger partial charge in [-0.1, -0.05) is 6.92 Å². The molecule has 0 radical (unpaired) electrons. The first-order chi connectivity index (χ1) is 16.9. The Morgan fingerprint density at radius 1 is 1.14 bits per heavy atom. The van der Waals surface area contributed by atoms with Crippen molar-refractivity contribution in [2.75, 3.05) is 18.4 Å². The molecule has 4 rings (SSSR count). The summed E-state index contributed by atoms with van der Waals surface area (Å²) in [5.74, 6) is -4.09. The van der Waals surface area contributed by atoms with Crippen LogP contribution in [0, 0.1) is 12.8 Å². The lowest BCUT2D eigenvalue weighted by molar-refractivity contribution is -0.137. The number of halogens is 5. The second kappa shape index (κ2) is 9.75. The van der Waals surface area contributed by atoms with Crippen LogP contribution in [0.4, 0.5) is 27.8 Å². The Hall–Kier alpha value is -3.70. The Morgan fingerprint density at radius 2 is 1.86 bits per heavy atom. The number of alkyl halides is 5. The maximum atomic E-state index is 14.6. The summed E-state index contributed by atoms with van der Waals surface area (Å²) in [6, 6.07) is 6.23. The van der Waals surface area contributed by atoms with Crippen molar-refractivity contribution in [3.63, 3.8) is 0 Å². The summed E-state index contributed by atoms with van der Waals surface area (Å²) in [6.45, 7) is 2.46. The molecule has 0 aliphatic carbocycles. The molecule has 4 heterocycles. The molecule has 1 unspecified atom stereocenters. The fourth-order valence-electron chi connectivity index (χ4n) is 4.23. The number of likely N-dealkylation sites (tertiary alicyclic amines) is 1. The third-order valence-electron chi connectivity index (χ3n) is 5.97. The number of nitrogens with zero attached hydrogens (tertiary/aromatic N) is 5. The number of amides is 1. The summed E-state index contributed by atoms with van der Waals surface area (Å²) in [4.78, 5) is 31.1. The first kappa shape index (κ1) is 25.4. The number of carbonyl (C=O) groups is 1. The minimum absolute atomic E-state index is 0.00430. The van der Waals surface area contributed by atoms with E-state index in [4.69, 9.17) is 0 Å². The molecular weight excluding hydrogens is 483 g/mol. The second-order valence-corrected chi connectivity index (χ2v) is 8.77. The van der Waals surface area contributed by atoms with Gasteiger partial charge in [-0.2, -0.15) is 13.2 Å². The molecule has 1 fully saturated rings. The van der Waals surface area contributed by atoms with Gasteiger partial charge >= 0.3 is 6.18 Å². The molecule has 0 spiro atoms. The minimum atomic E-state index is -4.53. The third-order valence-corrected chi connectivity index (χ3v) is 5.97. The van der Waals surface area contributed by atoms with Crippen LogP contribution < -0.4 is 5.32 Å².